The molecule has 0 aliphatic heterocycles. The largest absolute Gasteiger partial charge is 0.298 e. The molecule has 4 heteroatoms. The molecule has 0 spiro atoms. The molecule has 2 heterocycles. The van der Waals surface area contributed by atoms with Gasteiger partial charge in [-0.15, -0.1) is 22.7 Å². The van der Waals surface area contributed by atoms with Gasteiger partial charge in [0.1, 0.15) is 0 Å². The molecule has 3 aromatic rings. The minimum absolute atomic E-state index is 0.263. The van der Waals surface area contributed by atoms with E-state index in [1.807, 2.05) is 0 Å². The first-order valence-corrected chi connectivity index (χ1v) is 9.37. The van der Waals surface area contributed by atoms with Gasteiger partial charge in [-0.05, 0) is 47.5 Å². The van der Waals surface area contributed by atoms with E-state index in [4.69, 9.17) is 0 Å². The van der Waals surface area contributed by atoms with E-state index in [1.54, 1.807) is 22.7 Å². The lowest BCUT2D eigenvalue weighted by Gasteiger charge is -2.22. The Morgan fingerprint density at radius 3 is 2.14 bits per heavy atom. The van der Waals surface area contributed by atoms with Crippen LogP contribution in [0.5, 0.6) is 0 Å². The Labute approximate surface area is 141 Å². The maximum absolute atomic E-state index is 3.77. The number of halogens is 1. The summed E-state index contributed by atoms with van der Waals surface area (Å²) in [5.74, 6) is 0. The topological polar surface area (TPSA) is 12.0 Å². The number of hydrogen-bond acceptors (Lipinski definition) is 3. The van der Waals surface area contributed by atoms with Crippen LogP contribution in [0.15, 0.2) is 63.8 Å². The SMILES string of the molecule is CC(NC(c1cccs1)c1cccs1)c1cccc(Br)c1. The number of benzene rings is 1. The van der Waals surface area contributed by atoms with Gasteiger partial charge in [0.05, 0.1) is 6.04 Å². The quantitative estimate of drug-likeness (QED) is 0.573. The zero-order valence-corrected chi connectivity index (χ0v) is 14.8. The third-order valence-corrected chi connectivity index (χ3v) is 5.79. The molecule has 0 bridgehead atoms. The molecule has 2 aromatic heterocycles. The third-order valence-electron chi connectivity index (χ3n) is 3.42. The van der Waals surface area contributed by atoms with Gasteiger partial charge in [0.15, 0.2) is 0 Å². The highest BCUT2D eigenvalue weighted by Gasteiger charge is 2.19. The molecule has 0 amide bonds. The van der Waals surface area contributed by atoms with Crippen LogP contribution in [0.3, 0.4) is 0 Å². The van der Waals surface area contributed by atoms with Gasteiger partial charge in [-0.25, -0.2) is 0 Å². The van der Waals surface area contributed by atoms with Crippen LogP contribution in [-0.2, 0) is 0 Å². The van der Waals surface area contributed by atoms with E-state index >= 15 is 0 Å². The second kappa shape index (κ2) is 6.88. The molecule has 1 N–H and O–H groups in total. The normalized spacial score (nSPS) is 12.7. The summed E-state index contributed by atoms with van der Waals surface area (Å²) >= 11 is 7.16. The Morgan fingerprint density at radius 1 is 0.952 bits per heavy atom. The molecule has 0 aliphatic carbocycles. The molecule has 0 aliphatic rings. The van der Waals surface area contributed by atoms with Crippen molar-refractivity contribution in [2.75, 3.05) is 0 Å². The fraction of sp³-hybridized carbons (Fsp3) is 0.176. The highest BCUT2D eigenvalue weighted by Crippen LogP contribution is 2.31. The second-order valence-corrected chi connectivity index (χ2v) is 7.78. The second-order valence-electron chi connectivity index (χ2n) is 4.91. The lowest BCUT2D eigenvalue weighted by molar-refractivity contribution is 0.526. The van der Waals surface area contributed by atoms with Crippen LogP contribution in [0.4, 0.5) is 0 Å². The van der Waals surface area contributed by atoms with E-state index in [-0.39, 0.29) is 12.1 Å². The minimum Gasteiger partial charge on any atom is -0.298 e. The zero-order chi connectivity index (χ0) is 14.7. The molecule has 1 unspecified atom stereocenters. The molecule has 0 radical (unpaired) electrons. The van der Waals surface area contributed by atoms with E-state index in [1.165, 1.54) is 15.3 Å². The Bertz CT molecular complexity index is 642. The molecule has 1 nitrogen and oxygen atoms in total. The first-order chi connectivity index (χ1) is 10.2. The van der Waals surface area contributed by atoms with Crippen molar-refractivity contribution < 1.29 is 0 Å². The van der Waals surface area contributed by atoms with Gasteiger partial charge in [-0.2, -0.15) is 0 Å². The van der Waals surface area contributed by atoms with E-state index in [0.717, 1.165) is 4.47 Å². The number of hydrogen-bond donors (Lipinski definition) is 1. The molecule has 0 fully saturated rings. The van der Waals surface area contributed by atoms with Crippen LogP contribution in [0, 0.1) is 0 Å². The molecule has 1 aromatic carbocycles. The summed E-state index contributed by atoms with van der Waals surface area (Å²) in [5.41, 5.74) is 1.29. The molecule has 0 saturated carbocycles. The van der Waals surface area contributed by atoms with Gasteiger partial charge >= 0.3 is 0 Å². The smallest absolute Gasteiger partial charge is 0.0769 e. The Morgan fingerprint density at radius 2 is 1.62 bits per heavy atom. The standard InChI is InChI=1S/C17H16BrNS2/c1-12(13-5-2-6-14(18)11-13)19-17(15-7-3-9-20-15)16-8-4-10-21-16/h2-12,17,19H,1H3. The Hall–Kier alpha value is -0.940. The summed E-state index contributed by atoms with van der Waals surface area (Å²) in [5, 5.41) is 8.05. The van der Waals surface area contributed by atoms with Crippen molar-refractivity contribution in [3.8, 4) is 0 Å². The summed E-state index contributed by atoms with van der Waals surface area (Å²) in [4.78, 5) is 2.72. The summed E-state index contributed by atoms with van der Waals surface area (Å²) in [6, 6.07) is 17.7. The van der Waals surface area contributed by atoms with E-state index < -0.39 is 0 Å². The van der Waals surface area contributed by atoms with Gasteiger partial charge in [-0.3, -0.25) is 5.32 Å². The van der Waals surface area contributed by atoms with Gasteiger partial charge in [0.2, 0.25) is 0 Å². The van der Waals surface area contributed by atoms with Crippen molar-refractivity contribution in [2.24, 2.45) is 0 Å². The van der Waals surface area contributed by atoms with Crippen molar-refractivity contribution >= 4 is 38.6 Å². The predicted molar refractivity (Wildman–Crippen MR) is 96.2 cm³/mol. The first-order valence-electron chi connectivity index (χ1n) is 6.82. The molecule has 108 valence electrons. The van der Waals surface area contributed by atoms with Crippen molar-refractivity contribution in [3.63, 3.8) is 0 Å². The molecule has 0 saturated heterocycles. The van der Waals surface area contributed by atoms with Crippen LogP contribution in [0.2, 0.25) is 0 Å². The monoisotopic (exact) mass is 377 g/mol. The van der Waals surface area contributed by atoms with Crippen LogP contribution in [0.25, 0.3) is 0 Å². The predicted octanol–water partition coefficient (Wildman–Crippen LogP) is 6.01. The molecular formula is C17H16BrNS2. The maximum Gasteiger partial charge on any atom is 0.0769 e. The Balaban J connectivity index is 1.85. The van der Waals surface area contributed by atoms with E-state index in [9.17, 15) is 0 Å². The average Bonchev–Trinajstić information content (AvgIpc) is 3.18. The average molecular weight is 378 g/mol. The zero-order valence-electron chi connectivity index (χ0n) is 11.6. The molecule has 3 rings (SSSR count). The minimum atomic E-state index is 0.263. The summed E-state index contributed by atoms with van der Waals surface area (Å²) < 4.78 is 1.12. The molecule has 1 atom stereocenters. The van der Waals surface area contributed by atoms with Crippen molar-refractivity contribution in [1.29, 1.82) is 0 Å². The van der Waals surface area contributed by atoms with Crippen LogP contribution < -0.4 is 5.32 Å². The highest BCUT2D eigenvalue weighted by atomic mass is 79.9. The number of rotatable bonds is 5. The van der Waals surface area contributed by atoms with Gasteiger partial charge in [0, 0.05) is 20.3 Å². The maximum atomic E-state index is 3.77. The third kappa shape index (κ3) is 3.64. The summed E-state index contributed by atoms with van der Waals surface area (Å²) in [6.07, 6.45) is 0. The lowest BCUT2D eigenvalue weighted by atomic mass is 10.1. The summed E-state index contributed by atoms with van der Waals surface area (Å²) in [6.45, 7) is 2.22. The van der Waals surface area contributed by atoms with E-state index in [0.29, 0.717) is 0 Å². The van der Waals surface area contributed by atoms with Gasteiger partial charge in [-0.1, -0.05) is 40.2 Å². The fourth-order valence-electron chi connectivity index (χ4n) is 2.34. The Kier molecular flexibility index (Phi) is 4.91. The molecular weight excluding hydrogens is 362 g/mol. The lowest BCUT2D eigenvalue weighted by Crippen LogP contribution is -2.24. The first kappa shape index (κ1) is 15.0. The summed E-state index contributed by atoms with van der Waals surface area (Å²) in [7, 11) is 0. The van der Waals surface area contributed by atoms with Crippen LogP contribution in [-0.4, -0.2) is 0 Å². The highest BCUT2D eigenvalue weighted by molar-refractivity contribution is 9.10. The number of thiophene rings is 2. The van der Waals surface area contributed by atoms with Crippen LogP contribution >= 0.6 is 38.6 Å². The fourth-order valence-corrected chi connectivity index (χ4v) is 4.43. The van der Waals surface area contributed by atoms with Gasteiger partial charge in [0.25, 0.3) is 0 Å². The van der Waals surface area contributed by atoms with Crippen molar-refractivity contribution in [3.05, 3.63) is 79.1 Å². The van der Waals surface area contributed by atoms with Crippen LogP contribution in [0.1, 0.15) is 34.3 Å². The van der Waals surface area contributed by atoms with Crippen molar-refractivity contribution in [2.45, 2.75) is 19.0 Å². The molecule has 21 heavy (non-hydrogen) atoms. The van der Waals surface area contributed by atoms with E-state index in [2.05, 4.69) is 87.5 Å². The van der Waals surface area contributed by atoms with Crippen molar-refractivity contribution in [1.82, 2.24) is 5.32 Å². The van der Waals surface area contributed by atoms with Gasteiger partial charge < -0.3 is 0 Å². The number of nitrogens with one attached hydrogen (secondary N) is 1.